The largest absolute Gasteiger partial charge is 0.391 e. The van der Waals surface area contributed by atoms with Gasteiger partial charge in [-0.1, -0.05) is 54.1 Å². The van der Waals surface area contributed by atoms with Crippen LogP contribution in [0, 0.1) is 0 Å². The molecule has 7 heteroatoms. The van der Waals surface area contributed by atoms with Crippen molar-refractivity contribution in [1.82, 2.24) is 5.32 Å². The van der Waals surface area contributed by atoms with E-state index < -0.39 is 13.5 Å². The van der Waals surface area contributed by atoms with Crippen molar-refractivity contribution in [2.45, 2.75) is 25.2 Å². The third-order valence-corrected chi connectivity index (χ3v) is 5.90. The van der Waals surface area contributed by atoms with Crippen molar-refractivity contribution in [3.8, 4) is 0 Å². The fourth-order valence-corrected chi connectivity index (χ4v) is 4.33. The van der Waals surface area contributed by atoms with E-state index in [2.05, 4.69) is 5.32 Å². The molecule has 2 rings (SSSR count). The molecule has 0 radical (unpaired) electrons. The van der Waals surface area contributed by atoms with E-state index in [-0.39, 0.29) is 37.3 Å². The summed E-state index contributed by atoms with van der Waals surface area (Å²) >= 11 is 5.86. The molecule has 3 atom stereocenters. The Balaban J connectivity index is 0.00000312. The first kappa shape index (κ1) is 22.2. The predicted octanol–water partition coefficient (Wildman–Crippen LogP) is 4.24. The molecule has 0 amide bonds. The minimum atomic E-state index is -3.42. The van der Waals surface area contributed by atoms with Gasteiger partial charge in [0.25, 0.3) is 0 Å². The molecule has 0 aliphatic heterocycles. The maximum absolute atomic E-state index is 12.3. The summed E-state index contributed by atoms with van der Waals surface area (Å²) in [5.41, 5.74) is 1.85. The second-order valence-corrected chi connectivity index (χ2v) is 8.82. The summed E-state index contributed by atoms with van der Waals surface area (Å²) in [6.45, 7) is 2.22. The highest BCUT2D eigenvalue weighted by molar-refractivity contribution is 7.57. The molecule has 138 valence electrons. The fourth-order valence-electron chi connectivity index (χ4n) is 2.51. The molecule has 0 heterocycles. The molecule has 0 aliphatic carbocycles. The third-order valence-electron chi connectivity index (χ3n) is 3.80. The number of aliphatic hydroxyl groups is 1. The molecule has 4 nitrogen and oxygen atoms in total. The van der Waals surface area contributed by atoms with E-state index in [1.807, 2.05) is 61.5 Å². The third kappa shape index (κ3) is 7.91. The Bertz CT molecular complexity index is 682. The molecule has 0 aliphatic rings. The zero-order valence-corrected chi connectivity index (χ0v) is 16.5. The van der Waals surface area contributed by atoms with E-state index in [1.165, 1.54) is 0 Å². The Labute approximate surface area is 160 Å². The van der Waals surface area contributed by atoms with Crippen LogP contribution in [-0.4, -0.2) is 28.8 Å². The normalized spacial score (nSPS) is 15.7. The summed E-state index contributed by atoms with van der Waals surface area (Å²) in [6.07, 6.45) is -0.917. The van der Waals surface area contributed by atoms with Gasteiger partial charge >= 0.3 is 0 Å². The van der Waals surface area contributed by atoms with E-state index in [0.29, 0.717) is 5.02 Å². The van der Waals surface area contributed by atoms with Crippen molar-refractivity contribution in [3.63, 3.8) is 0 Å². The minimum absolute atomic E-state index is 0. The lowest BCUT2D eigenvalue weighted by molar-refractivity contribution is 0.186. The molecular weight excluding hydrogens is 380 g/mol. The van der Waals surface area contributed by atoms with Gasteiger partial charge in [-0.05, 0) is 30.2 Å². The number of hydrogen-bond donors (Lipinski definition) is 3. The van der Waals surface area contributed by atoms with Crippen LogP contribution in [0.25, 0.3) is 0 Å². The van der Waals surface area contributed by atoms with E-state index in [9.17, 15) is 14.6 Å². The molecule has 0 spiro atoms. The molecule has 2 unspecified atom stereocenters. The number of nitrogens with one attached hydrogen (secondary N) is 1. The van der Waals surface area contributed by atoms with Crippen LogP contribution in [0.1, 0.15) is 24.1 Å². The molecule has 2 aromatic carbocycles. The lowest BCUT2D eigenvalue weighted by atomic mass is 10.1. The van der Waals surface area contributed by atoms with Gasteiger partial charge in [0.2, 0.25) is 7.37 Å². The van der Waals surface area contributed by atoms with Crippen LogP contribution in [0.5, 0.6) is 0 Å². The van der Waals surface area contributed by atoms with Gasteiger partial charge in [0, 0.05) is 23.8 Å². The number of halogens is 2. The highest BCUT2D eigenvalue weighted by Crippen LogP contribution is 2.44. The zero-order chi connectivity index (χ0) is 17.6. The molecular formula is C18H24Cl2NO3P. The highest BCUT2D eigenvalue weighted by atomic mass is 35.5. The van der Waals surface area contributed by atoms with E-state index in [1.54, 1.807) is 0 Å². The molecule has 2 aromatic rings. The quantitative estimate of drug-likeness (QED) is 0.576. The Hall–Kier alpha value is -0.870. The summed E-state index contributed by atoms with van der Waals surface area (Å²) in [4.78, 5) is 10.1. The average Bonchev–Trinajstić information content (AvgIpc) is 2.53. The number of aliphatic hydroxyl groups excluding tert-OH is 1. The summed E-state index contributed by atoms with van der Waals surface area (Å²) in [7, 11) is -3.42. The van der Waals surface area contributed by atoms with Crippen LogP contribution >= 0.6 is 31.4 Å². The standard InChI is InChI=1S/C18H23ClNO3P.ClH/c1-14(16-7-9-17(19)10-8-16)20-11-18(21)13-24(22,23)12-15-5-3-2-4-6-15;/h2-10,14,18,20-21H,11-13H2,1H3,(H,22,23);1H/t14?,18-;/m0./s1. The van der Waals surface area contributed by atoms with Crippen LogP contribution in [-0.2, 0) is 10.7 Å². The smallest absolute Gasteiger partial charge is 0.207 e. The van der Waals surface area contributed by atoms with Crippen LogP contribution in [0.2, 0.25) is 5.02 Å². The monoisotopic (exact) mass is 403 g/mol. The Kier molecular flexibility index (Phi) is 9.15. The van der Waals surface area contributed by atoms with Crippen molar-refractivity contribution in [2.75, 3.05) is 12.7 Å². The van der Waals surface area contributed by atoms with E-state index in [0.717, 1.165) is 11.1 Å². The maximum atomic E-state index is 12.3. The first-order valence-electron chi connectivity index (χ1n) is 7.87. The van der Waals surface area contributed by atoms with Crippen LogP contribution < -0.4 is 5.32 Å². The average molecular weight is 404 g/mol. The first-order valence-corrected chi connectivity index (χ1v) is 10.3. The number of hydrogen-bond acceptors (Lipinski definition) is 3. The van der Waals surface area contributed by atoms with Gasteiger partial charge in [0.1, 0.15) is 0 Å². The summed E-state index contributed by atoms with van der Waals surface area (Å²) in [5, 5.41) is 13.9. The number of benzene rings is 2. The van der Waals surface area contributed by atoms with Gasteiger partial charge in [0.15, 0.2) is 0 Å². The molecule has 0 bridgehead atoms. The van der Waals surface area contributed by atoms with Crippen molar-refractivity contribution in [2.24, 2.45) is 0 Å². The van der Waals surface area contributed by atoms with E-state index >= 15 is 0 Å². The molecule has 0 saturated carbocycles. The number of rotatable bonds is 8. The molecule has 0 fully saturated rings. The minimum Gasteiger partial charge on any atom is -0.391 e. The Morgan fingerprint density at radius 1 is 1.12 bits per heavy atom. The highest BCUT2D eigenvalue weighted by Gasteiger charge is 2.23. The molecule has 3 N–H and O–H groups in total. The first-order chi connectivity index (χ1) is 11.4. The van der Waals surface area contributed by atoms with Gasteiger partial charge < -0.3 is 15.3 Å². The van der Waals surface area contributed by atoms with Crippen LogP contribution in [0.3, 0.4) is 0 Å². The van der Waals surface area contributed by atoms with Crippen molar-refractivity contribution >= 4 is 31.4 Å². The van der Waals surface area contributed by atoms with Gasteiger partial charge in [-0.3, -0.25) is 4.57 Å². The molecule has 0 saturated heterocycles. The fraction of sp³-hybridized carbons (Fsp3) is 0.333. The van der Waals surface area contributed by atoms with Gasteiger partial charge in [-0.25, -0.2) is 0 Å². The van der Waals surface area contributed by atoms with Crippen LogP contribution in [0.15, 0.2) is 54.6 Å². The summed E-state index contributed by atoms with van der Waals surface area (Å²) in [6, 6.07) is 16.6. The maximum Gasteiger partial charge on any atom is 0.207 e. The summed E-state index contributed by atoms with van der Waals surface area (Å²) in [5.74, 6) is 0. The van der Waals surface area contributed by atoms with Crippen LogP contribution in [0.4, 0.5) is 0 Å². The van der Waals surface area contributed by atoms with Gasteiger partial charge in [-0.2, -0.15) is 0 Å². The van der Waals surface area contributed by atoms with E-state index in [4.69, 9.17) is 11.6 Å². The topological polar surface area (TPSA) is 69.6 Å². The van der Waals surface area contributed by atoms with Gasteiger partial charge in [0.05, 0.1) is 12.3 Å². The summed E-state index contributed by atoms with van der Waals surface area (Å²) < 4.78 is 12.3. The second-order valence-electron chi connectivity index (χ2n) is 6.01. The molecule has 25 heavy (non-hydrogen) atoms. The second kappa shape index (κ2) is 10.3. The zero-order valence-electron chi connectivity index (χ0n) is 14.0. The van der Waals surface area contributed by atoms with Crippen molar-refractivity contribution in [1.29, 1.82) is 0 Å². The lowest BCUT2D eigenvalue weighted by Crippen LogP contribution is -2.31. The Morgan fingerprint density at radius 2 is 1.72 bits per heavy atom. The van der Waals surface area contributed by atoms with Gasteiger partial charge in [-0.15, -0.1) is 12.4 Å². The predicted molar refractivity (Wildman–Crippen MR) is 106 cm³/mol. The van der Waals surface area contributed by atoms with Crippen molar-refractivity contribution < 1.29 is 14.6 Å². The molecule has 0 aromatic heterocycles. The Morgan fingerprint density at radius 3 is 2.32 bits per heavy atom. The van der Waals surface area contributed by atoms with Crippen molar-refractivity contribution in [3.05, 3.63) is 70.7 Å². The lowest BCUT2D eigenvalue weighted by Gasteiger charge is -2.20. The SMILES string of the molecule is CC(NC[C@H](O)CP(=O)(O)Cc1ccccc1)c1ccc(Cl)cc1.Cl.